The number of hydrogen-bond donors (Lipinski definition) is 0. The lowest BCUT2D eigenvalue weighted by Gasteiger charge is -2.33. The van der Waals surface area contributed by atoms with Crippen molar-refractivity contribution < 1.29 is 14.3 Å². The molecule has 1 aromatic rings. The third-order valence-corrected chi connectivity index (χ3v) is 4.11. The van der Waals surface area contributed by atoms with Crippen molar-refractivity contribution in [3.8, 4) is 5.75 Å². The van der Waals surface area contributed by atoms with Gasteiger partial charge >= 0.3 is 6.09 Å². The quantitative estimate of drug-likeness (QED) is 0.805. The van der Waals surface area contributed by atoms with Gasteiger partial charge in [0.15, 0.2) is 0 Å². The van der Waals surface area contributed by atoms with E-state index < -0.39 is 5.60 Å². The van der Waals surface area contributed by atoms with Gasteiger partial charge in [0.1, 0.15) is 11.4 Å². The molecule has 5 heteroatoms. The van der Waals surface area contributed by atoms with Crippen molar-refractivity contribution in [1.29, 1.82) is 0 Å². The van der Waals surface area contributed by atoms with E-state index in [1.54, 1.807) is 12.0 Å². The summed E-state index contributed by atoms with van der Waals surface area (Å²) < 4.78 is 10.7. The number of likely N-dealkylation sites (tertiary alicyclic amines) is 1. The summed E-state index contributed by atoms with van der Waals surface area (Å²) >= 11 is 6.07. The van der Waals surface area contributed by atoms with Crippen LogP contribution < -0.4 is 4.74 Å². The summed E-state index contributed by atoms with van der Waals surface area (Å²) in [5.74, 6) is 1.12. The number of piperidine rings is 1. The zero-order valence-corrected chi connectivity index (χ0v) is 14.4. The molecule has 1 fully saturated rings. The predicted octanol–water partition coefficient (Wildman–Crippen LogP) is 4.46. The van der Waals surface area contributed by atoms with Crippen molar-refractivity contribution in [3.05, 3.63) is 28.8 Å². The molecular formula is C17H24ClNO3. The van der Waals surface area contributed by atoms with E-state index in [9.17, 15) is 4.79 Å². The molecule has 1 aliphatic heterocycles. The number of benzene rings is 1. The monoisotopic (exact) mass is 325 g/mol. The smallest absolute Gasteiger partial charge is 0.410 e. The largest absolute Gasteiger partial charge is 0.495 e. The molecule has 1 aromatic carbocycles. The highest BCUT2D eigenvalue weighted by molar-refractivity contribution is 6.32. The van der Waals surface area contributed by atoms with Crippen LogP contribution >= 0.6 is 11.6 Å². The molecule has 0 N–H and O–H groups in total. The van der Waals surface area contributed by atoms with Gasteiger partial charge in [-0.25, -0.2) is 4.79 Å². The molecule has 0 aliphatic carbocycles. The van der Waals surface area contributed by atoms with Crippen molar-refractivity contribution in [2.24, 2.45) is 0 Å². The lowest BCUT2D eigenvalue weighted by atomic mass is 9.89. The van der Waals surface area contributed by atoms with Gasteiger partial charge in [-0.1, -0.05) is 17.7 Å². The third kappa shape index (κ3) is 4.29. The van der Waals surface area contributed by atoms with Gasteiger partial charge in [0.2, 0.25) is 0 Å². The number of nitrogens with zero attached hydrogens (tertiary/aromatic N) is 1. The Labute approximate surface area is 137 Å². The Morgan fingerprint density at radius 1 is 1.27 bits per heavy atom. The van der Waals surface area contributed by atoms with Crippen molar-refractivity contribution >= 4 is 17.7 Å². The molecule has 122 valence electrons. The molecule has 22 heavy (non-hydrogen) atoms. The van der Waals surface area contributed by atoms with Crippen LogP contribution in [0.2, 0.25) is 5.02 Å². The van der Waals surface area contributed by atoms with Gasteiger partial charge in [-0.05, 0) is 57.2 Å². The summed E-state index contributed by atoms with van der Waals surface area (Å²) in [7, 11) is 1.62. The Morgan fingerprint density at radius 3 is 2.45 bits per heavy atom. The van der Waals surface area contributed by atoms with Crippen molar-refractivity contribution in [2.75, 3.05) is 20.2 Å². The van der Waals surface area contributed by atoms with E-state index >= 15 is 0 Å². The van der Waals surface area contributed by atoms with Crippen molar-refractivity contribution in [1.82, 2.24) is 4.90 Å². The fourth-order valence-electron chi connectivity index (χ4n) is 2.65. The standard InChI is InChI=1S/C17H24ClNO3/c1-17(2,3)22-16(20)19-9-7-12(8-10-19)13-5-6-14(18)15(11-13)21-4/h5-6,11-12H,7-10H2,1-4H3. The molecule has 1 aliphatic rings. The van der Waals surface area contributed by atoms with Gasteiger partial charge in [-0.15, -0.1) is 0 Å². The molecule has 0 radical (unpaired) electrons. The molecule has 4 nitrogen and oxygen atoms in total. The van der Waals surface area contributed by atoms with E-state index in [4.69, 9.17) is 21.1 Å². The van der Waals surface area contributed by atoms with Gasteiger partial charge in [0, 0.05) is 13.1 Å². The third-order valence-electron chi connectivity index (χ3n) is 3.79. The minimum atomic E-state index is -0.447. The van der Waals surface area contributed by atoms with Gasteiger partial charge in [-0.3, -0.25) is 0 Å². The Bertz CT molecular complexity index is 531. The number of amides is 1. The van der Waals surface area contributed by atoms with Crippen LogP contribution in [0.4, 0.5) is 4.79 Å². The molecule has 2 rings (SSSR count). The summed E-state index contributed by atoms with van der Waals surface area (Å²) in [6.07, 6.45) is 1.62. The summed E-state index contributed by atoms with van der Waals surface area (Å²) in [6.45, 7) is 7.09. The van der Waals surface area contributed by atoms with Crippen LogP contribution in [0.15, 0.2) is 18.2 Å². The second-order valence-corrected chi connectivity index (χ2v) is 7.04. The number of rotatable bonds is 2. The van der Waals surface area contributed by atoms with E-state index in [-0.39, 0.29) is 6.09 Å². The first kappa shape index (κ1) is 16.9. The van der Waals surface area contributed by atoms with Crippen LogP contribution in [-0.2, 0) is 4.74 Å². The SMILES string of the molecule is COc1cc(C2CCN(C(=O)OC(C)(C)C)CC2)ccc1Cl. The van der Waals surface area contributed by atoms with Gasteiger partial charge in [0.25, 0.3) is 0 Å². The van der Waals surface area contributed by atoms with Crippen molar-refractivity contribution in [2.45, 2.75) is 45.1 Å². The summed E-state index contributed by atoms with van der Waals surface area (Å²) in [6, 6.07) is 5.91. The van der Waals surface area contributed by atoms with E-state index in [2.05, 4.69) is 0 Å². The zero-order valence-electron chi connectivity index (χ0n) is 13.7. The molecule has 0 atom stereocenters. The molecule has 1 saturated heterocycles. The molecule has 1 amide bonds. The minimum absolute atomic E-state index is 0.223. The number of carbonyl (C=O) groups excluding carboxylic acids is 1. The zero-order chi connectivity index (χ0) is 16.3. The number of carbonyl (C=O) groups is 1. The van der Waals surface area contributed by atoms with Crippen LogP contribution in [0.5, 0.6) is 5.75 Å². The second-order valence-electron chi connectivity index (χ2n) is 6.64. The predicted molar refractivity (Wildman–Crippen MR) is 87.8 cm³/mol. The molecule has 0 saturated carbocycles. The Balaban J connectivity index is 1.96. The number of methoxy groups -OCH3 is 1. The maximum Gasteiger partial charge on any atom is 0.410 e. The highest BCUT2D eigenvalue weighted by Crippen LogP contribution is 2.33. The minimum Gasteiger partial charge on any atom is -0.495 e. The van der Waals surface area contributed by atoms with E-state index in [0.717, 1.165) is 12.8 Å². The van der Waals surface area contributed by atoms with E-state index in [1.165, 1.54) is 5.56 Å². The van der Waals surface area contributed by atoms with Crippen LogP contribution in [0.1, 0.15) is 45.1 Å². The molecule has 0 bridgehead atoms. The molecule has 0 unspecified atom stereocenters. The van der Waals surface area contributed by atoms with Crippen LogP contribution in [0.25, 0.3) is 0 Å². The fraction of sp³-hybridized carbons (Fsp3) is 0.588. The Hall–Kier alpha value is -1.42. The maximum absolute atomic E-state index is 12.1. The number of hydrogen-bond acceptors (Lipinski definition) is 3. The first-order valence-corrected chi connectivity index (χ1v) is 7.99. The highest BCUT2D eigenvalue weighted by atomic mass is 35.5. The normalized spacial score (nSPS) is 16.5. The maximum atomic E-state index is 12.1. The van der Waals surface area contributed by atoms with E-state index in [0.29, 0.717) is 29.8 Å². The van der Waals surface area contributed by atoms with E-state index in [1.807, 2.05) is 39.0 Å². The summed E-state index contributed by atoms with van der Waals surface area (Å²) in [5.41, 5.74) is 0.766. The first-order valence-electron chi connectivity index (χ1n) is 7.61. The lowest BCUT2D eigenvalue weighted by molar-refractivity contribution is 0.0205. The molecular weight excluding hydrogens is 302 g/mol. The Morgan fingerprint density at radius 2 is 1.91 bits per heavy atom. The topological polar surface area (TPSA) is 38.8 Å². The molecule has 1 heterocycles. The Kier molecular flexibility index (Phi) is 5.22. The van der Waals surface area contributed by atoms with Crippen LogP contribution in [0.3, 0.4) is 0 Å². The lowest BCUT2D eigenvalue weighted by Crippen LogP contribution is -2.41. The second kappa shape index (κ2) is 6.78. The van der Waals surface area contributed by atoms with Gasteiger partial charge in [-0.2, -0.15) is 0 Å². The first-order chi connectivity index (χ1) is 10.3. The van der Waals surface area contributed by atoms with Crippen molar-refractivity contribution in [3.63, 3.8) is 0 Å². The summed E-state index contributed by atoms with van der Waals surface area (Å²) in [5, 5.41) is 0.623. The fourth-order valence-corrected chi connectivity index (χ4v) is 2.85. The summed E-state index contributed by atoms with van der Waals surface area (Å²) in [4.78, 5) is 13.9. The van der Waals surface area contributed by atoms with Crippen LogP contribution in [-0.4, -0.2) is 36.8 Å². The van der Waals surface area contributed by atoms with Gasteiger partial charge < -0.3 is 14.4 Å². The van der Waals surface area contributed by atoms with Gasteiger partial charge in [0.05, 0.1) is 12.1 Å². The number of ether oxygens (including phenoxy) is 2. The highest BCUT2D eigenvalue weighted by Gasteiger charge is 2.27. The average Bonchev–Trinajstić information content (AvgIpc) is 2.46. The molecule has 0 aromatic heterocycles. The average molecular weight is 326 g/mol. The van der Waals surface area contributed by atoms with Crippen LogP contribution in [0, 0.1) is 0 Å². The number of halogens is 1. The molecule has 0 spiro atoms.